The Kier molecular flexibility index (Phi) is 4.95. The number of hydrogen-bond donors (Lipinski definition) is 2. The molecule has 0 aliphatic carbocycles. The van der Waals surface area contributed by atoms with Crippen molar-refractivity contribution < 1.29 is 4.39 Å². The Morgan fingerprint density at radius 1 is 1.00 bits per heavy atom. The molecule has 156 valence electrons. The molecule has 4 aromatic heterocycles. The zero-order valence-corrected chi connectivity index (χ0v) is 17.4. The van der Waals surface area contributed by atoms with Crippen LogP contribution >= 0.6 is 0 Å². The van der Waals surface area contributed by atoms with Crippen LogP contribution in [0, 0.1) is 12.7 Å². The number of nitrogens with zero attached hydrogens (tertiary/aromatic N) is 3. The number of halogens is 1. The van der Waals surface area contributed by atoms with Crippen molar-refractivity contribution in [1.29, 1.82) is 0 Å². The van der Waals surface area contributed by atoms with E-state index in [4.69, 9.17) is 4.98 Å². The van der Waals surface area contributed by atoms with E-state index in [-0.39, 0.29) is 5.82 Å². The van der Waals surface area contributed by atoms with Crippen molar-refractivity contribution in [2.45, 2.75) is 6.92 Å². The molecule has 4 heterocycles. The fourth-order valence-electron chi connectivity index (χ4n) is 3.83. The summed E-state index contributed by atoms with van der Waals surface area (Å²) in [5, 5.41) is 7.54. The fraction of sp³-hybridized carbons (Fsp3) is 0.0385. The average Bonchev–Trinajstić information content (AvgIpc) is 3.41. The number of pyridine rings is 2. The van der Waals surface area contributed by atoms with Crippen LogP contribution in [0.2, 0.25) is 0 Å². The molecule has 0 radical (unpaired) electrons. The number of H-pyrrole nitrogens is 2. The maximum atomic E-state index is 14.6. The van der Waals surface area contributed by atoms with E-state index < -0.39 is 0 Å². The molecule has 6 heteroatoms. The van der Waals surface area contributed by atoms with Crippen LogP contribution in [-0.2, 0) is 0 Å². The molecule has 2 N–H and O–H groups in total. The van der Waals surface area contributed by atoms with Crippen LogP contribution in [0.3, 0.4) is 0 Å². The molecule has 0 fully saturated rings. The van der Waals surface area contributed by atoms with E-state index in [1.165, 1.54) is 6.07 Å². The molecule has 5 aromatic rings. The van der Waals surface area contributed by atoms with Gasteiger partial charge >= 0.3 is 0 Å². The van der Waals surface area contributed by atoms with E-state index in [9.17, 15) is 4.39 Å². The lowest BCUT2D eigenvalue weighted by atomic mass is 9.97. The maximum absolute atomic E-state index is 14.6. The fourth-order valence-corrected chi connectivity index (χ4v) is 3.83. The Morgan fingerprint density at radius 2 is 1.84 bits per heavy atom. The van der Waals surface area contributed by atoms with Crippen molar-refractivity contribution in [2.24, 2.45) is 0 Å². The molecule has 0 saturated heterocycles. The second-order valence-corrected chi connectivity index (χ2v) is 7.40. The number of hydrogen-bond acceptors (Lipinski definition) is 3. The third-order valence-corrected chi connectivity index (χ3v) is 5.34. The Labute approximate surface area is 184 Å². The molecule has 0 saturated carbocycles. The van der Waals surface area contributed by atoms with Gasteiger partial charge in [-0.3, -0.25) is 10.1 Å². The standard InChI is InChI=1S/C26H20FN5/c1-3-8-17(18-9-4-5-10-20(18)27)19-15-24(29-16(19)2)26-25-23(31-32-26)13-12-22(30-25)21-11-6-7-14-28-21/h3-15,29H,1H2,2H3,(H,31,32)/b17-8-. The first-order valence-electron chi connectivity index (χ1n) is 10.2. The topological polar surface area (TPSA) is 70.2 Å². The molecular weight excluding hydrogens is 401 g/mol. The van der Waals surface area contributed by atoms with Crippen LogP contribution in [-0.4, -0.2) is 25.1 Å². The first-order valence-corrected chi connectivity index (χ1v) is 10.2. The number of nitrogens with one attached hydrogen (secondary N) is 2. The summed E-state index contributed by atoms with van der Waals surface area (Å²) in [6, 6.07) is 18.3. The van der Waals surface area contributed by atoms with E-state index in [0.29, 0.717) is 11.3 Å². The lowest BCUT2D eigenvalue weighted by Gasteiger charge is -2.08. The highest BCUT2D eigenvalue weighted by molar-refractivity contribution is 5.92. The van der Waals surface area contributed by atoms with Gasteiger partial charge in [0.05, 0.1) is 22.6 Å². The summed E-state index contributed by atoms with van der Waals surface area (Å²) in [6.07, 6.45) is 5.23. The Hall–Kier alpha value is -4.32. The van der Waals surface area contributed by atoms with Gasteiger partial charge in [0, 0.05) is 23.0 Å². The van der Waals surface area contributed by atoms with Crippen molar-refractivity contribution >= 4 is 16.6 Å². The zero-order chi connectivity index (χ0) is 22.1. The van der Waals surface area contributed by atoms with Crippen LogP contribution in [0.4, 0.5) is 4.39 Å². The highest BCUT2D eigenvalue weighted by atomic mass is 19.1. The molecule has 0 aliphatic rings. The van der Waals surface area contributed by atoms with Gasteiger partial charge in [0.25, 0.3) is 0 Å². The predicted molar refractivity (Wildman–Crippen MR) is 125 cm³/mol. The van der Waals surface area contributed by atoms with Gasteiger partial charge in [-0.1, -0.05) is 43.0 Å². The molecule has 0 bridgehead atoms. The molecule has 0 amide bonds. The maximum Gasteiger partial charge on any atom is 0.135 e. The van der Waals surface area contributed by atoms with Gasteiger partial charge in [0.1, 0.15) is 17.0 Å². The number of fused-ring (bicyclic) bond motifs is 1. The van der Waals surface area contributed by atoms with Crippen LogP contribution in [0.25, 0.3) is 39.4 Å². The summed E-state index contributed by atoms with van der Waals surface area (Å²) < 4.78 is 14.6. The third kappa shape index (κ3) is 3.41. The van der Waals surface area contributed by atoms with E-state index in [1.807, 2.05) is 55.5 Å². The highest BCUT2D eigenvalue weighted by Gasteiger charge is 2.18. The predicted octanol–water partition coefficient (Wildman–Crippen LogP) is 6.08. The quantitative estimate of drug-likeness (QED) is 0.338. The Balaban J connectivity index is 1.63. The number of aromatic nitrogens is 5. The van der Waals surface area contributed by atoms with Gasteiger partial charge in [-0.25, -0.2) is 9.37 Å². The molecular formula is C26H20FN5. The minimum absolute atomic E-state index is 0.283. The van der Waals surface area contributed by atoms with Crippen LogP contribution in [0.1, 0.15) is 16.8 Å². The van der Waals surface area contributed by atoms with Gasteiger partial charge in [0.15, 0.2) is 0 Å². The Bertz CT molecular complexity index is 1460. The van der Waals surface area contributed by atoms with Crippen LogP contribution in [0.15, 0.2) is 85.6 Å². The SMILES string of the molecule is C=C/C=C(/c1ccccc1F)c1cc(-c2n[nH]c3ccc(-c4ccccn4)nc23)[nH]c1C. The Morgan fingerprint density at radius 3 is 2.62 bits per heavy atom. The summed E-state index contributed by atoms with van der Waals surface area (Å²) in [7, 11) is 0. The number of allylic oxidation sites excluding steroid dienone is 2. The molecule has 0 atom stereocenters. The van der Waals surface area contributed by atoms with E-state index in [0.717, 1.165) is 44.9 Å². The molecule has 1 aromatic carbocycles. The number of aryl methyl sites for hydroxylation is 1. The summed E-state index contributed by atoms with van der Waals surface area (Å²) >= 11 is 0. The molecule has 0 aliphatic heterocycles. The van der Waals surface area contributed by atoms with Gasteiger partial charge < -0.3 is 4.98 Å². The van der Waals surface area contributed by atoms with E-state index in [2.05, 4.69) is 26.7 Å². The average molecular weight is 421 g/mol. The van der Waals surface area contributed by atoms with Crippen molar-refractivity contribution in [2.75, 3.05) is 0 Å². The highest BCUT2D eigenvalue weighted by Crippen LogP contribution is 2.33. The van der Waals surface area contributed by atoms with Gasteiger partial charge in [0.2, 0.25) is 0 Å². The second kappa shape index (κ2) is 8.07. The van der Waals surface area contributed by atoms with E-state index in [1.54, 1.807) is 24.4 Å². The van der Waals surface area contributed by atoms with Crippen molar-refractivity contribution in [3.63, 3.8) is 0 Å². The van der Waals surface area contributed by atoms with E-state index >= 15 is 0 Å². The summed E-state index contributed by atoms with van der Waals surface area (Å²) in [6.45, 7) is 5.76. The summed E-state index contributed by atoms with van der Waals surface area (Å²) in [5.74, 6) is -0.283. The molecule has 5 rings (SSSR count). The lowest BCUT2D eigenvalue weighted by Crippen LogP contribution is -1.92. The van der Waals surface area contributed by atoms with Crippen molar-refractivity contribution in [3.8, 4) is 22.8 Å². The second-order valence-electron chi connectivity index (χ2n) is 7.40. The molecule has 32 heavy (non-hydrogen) atoms. The minimum atomic E-state index is -0.283. The van der Waals surface area contributed by atoms with Crippen LogP contribution < -0.4 is 0 Å². The molecule has 0 spiro atoms. The normalized spacial score (nSPS) is 11.8. The minimum Gasteiger partial charge on any atom is -0.357 e. The number of rotatable bonds is 5. The van der Waals surface area contributed by atoms with Gasteiger partial charge in [-0.15, -0.1) is 0 Å². The molecule has 5 nitrogen and oxygen atoms in total. The summed E-state index contributed by atoms with van der Waals surface area (Å²) in [4.78, 5) is 12.6. The van der Waals surface area contributed by atoms with Crippen molar-refractivity contribution in [3.05, 3.63) is 108 Å². The smallest absolute Gasteiger partial charge is 0.135 e. The largest absolute Gasteiger partial charge is 0.357 e. The van der Waals surface area contributed by atoms with Gasteiger partial charge in [-0.05, 0) is 48.9 Å². The number of benzene rings is 1. The third-order valence-electron chi connectivity index (χ3n) is 5.34. The van der Waals surface area contributed by atoms with Crippen LogP contribution in [0.5, 0.6) is 0 Å². The molecule has 0 unspecified atom stereocenters. The zero-order valence-electron chi connectivity index (χ0n) is 17.4. The summed E-state index contributed by atoms with van der Waals surface area (Å²) in [5.41, 5.74) is 7.65. The van der Waals surface area contributed by atoms with Gasteiger partial charge in [-0.2, -0.15) is 5.10 Å². The lowest BCUT2D eigenvalue weighted by molar-refractivity contribution is 0.624. The monoisotopic (exact) mass is 421 g/mol. The number of aromatic amines is 2. The van der Waals surface area contributed by atoms with Crippen molar-refractivity contribution in [1.82, 2.24) is 25.1 Å². The first-order chi connectivity index (χ1) is 15.7. The first kappa shape index (κ1) is 19.6.